The summed E-state index contributed by atoms with van der Waals surface area (Å²) in [5.41, 5.74) is -1.44. The van der Waals surface area contributed by atoms with Crippen LogP contribution in [0.1, 0.15) is 57.4 Å². The van der Waals surface area contributed by atoms with Crippen LogP contribution in [0.25, 0.3) is 0 Å². The lowest BCUT2D eigenvalue weighted by molar-refractivity contribution is -0.175. The minimum absolute atomic E-state index is 0.0656. The summed E-state index contributed by atoms with van der Waals surface area (Å²) >= 11 is 5.88. The number of rotatable bonds is 19. The average Bonchev–Trinajstić information content (AvgIpc) is 3.18. The Morgan fingerprint density at radius 2 is 1.37 bits per heavy atom. The number of hydrogen-bond acceptors (Lipinski definition) is 9. The zero-order chi connectivity index (χ0) is 46.8. The average molecular weight is 907 g/mol. The summed E-state index contributed by atoms with van der Waals surface area (Å²) < 4.78 is 115. The molecule has 4 atom stereocenters. The Morgan fingerprint density at radius 3 is 1.90 bits per heavy atom. The number of ether oxygens (including phenoxy) is 3. The number of halogens is 8. The van der Waals surface area contributed by atoms with Gasteiger partial charge >= 0.3 is 24.0 Å². The predicted molar refractivity (Wildman–Crippen MR) is 209 cm³/mol. The van der Waals surface area contributed by atoms with Crippen molar-refractivity contribution in [2.45, 2.75) is 88.9 Å². The van der Waals surface area contributed by atoms with Gasteiger partial charge in [-0.15, -0.1) is 0 Å². The maximum absolute atomic E-state index is 15.6. The zero-order valence-corrected chi connectivity index (χ0v) is 34.9. The number of benzene rings is 3. The molecule has 0 heterocycles. The lowest BCUT2D eigenvalue weighted by atomic mass is 9.92. The fraction of sp³-hybridized carbons (Fsp3) is 0.439. The van der Waals surface area contributed by atoms with Crippen molar-refractivity contribution in [3.05, 3.63) is 94.5 Å². The highest BCUT2D eigenvalue weighted by molar-refractivity contribution is 6.30. The lowest BCUT2D eigenvalue weighted by Crippen LogP contribution is -2.61. The van der Waals surface area contributed by atoms with Crippen LogP contribution in [0.15, 0.2) is 72.8 Å². The molecule has 21 heteroatoms. The Balaban J connectivity index is 2.00. The van der Waals surface area contributed by atoms with Crippen LogP contribution in [0.2, 0.25) is 5.02 Å². The normalized spacial score (nSPS) is 14.1. The summed E-state index contributed by atoms with van der Waals surface area (Å²) in [6, 6.07) is 9.10. The van der Waals surface area contributed by atoms with Gasteiger partial charge in [-0.05, 0) is 74.2 Å². The van der Waals surface area contributed by atoms with Crippen LogP contribution in [0, 0.1) is 5.92 Å². The van der Waals surface area contributed by atoms with Gasteiger partial charge in [0.2, 0.25) is 11.8 Å². The molecule has 0 aromatic heterocycles. The van der Waals surface area contributed by atoms with Crippen LogP contribution >= 0.6 is 11.6 Å². The van der Waals surface area contributed by atoms with Gasteiger partial charge in [0.15, 0.2) is 6.61 Å². The maximum atomic E-state index is 15.6. The molecule has 4 amide bonds. The molecule has 3 aromatic carbocycles. The predicted octanol–water partition coefficient (Wildman–Crippen LogP) is 5.56. The molecule has 0 saturated heterocycles. The van der Waals surface area contributed by atoms with Crippen LogP contribution in [-0.2, 0) is 41.1 Å². The second-order valence-corrected chi connectivity index (χ2v) is 15.6. The second kappa shape index (κ2) is 21.0. The first-order valence-corrected chi connectivity index (χ1v) is 19.1. The molecular formula is C41H46ClF7N4O9. The van der Waals surface area contributed by atoms with Gasteiger partial charge in [-0.1, -0.05) is 61.8 Å². The minimum Gasteiger partial charge on any atom is -0.497 e. The number of carbonyl (C=O) groups is 5. The summed E-state index contributed by atoms with van der Waals surface area (Å²) in [5.74, 6) is -17.6. The maximum Gasteiger partial charge on any atom is 0.405 e. The smallest absolute Gasteiger partial charge is 0.405 e. The zero-order valence-electron chi connectivity index (χ0n) is 34.2. The summed E-state index contributed by atoms with van der Waals surface area (Å²) in [5, 5.41) is 17.9. The number of hydrogen-bond donors (Lipinski definition) is 5. The van der Waals surface area contributed by atoms with E-state index in [2.05, 4.69) is 10.6 Å². The molecule has 0 aliphatic heterocycles. The number of alkyl halides is 7. The van der Waals surface area contributed by atoms with Crippen molar-refractivity contribution in [3.63, 3.8) is 0 Å². The molecule has 3 unspecified atom stereocenters. The van der Waals surface area contributed by atoms with Crippen LogP contribution in [0.5, 0.6) is 11.5 Å². The third-order valence-electron chi connectivity index (χ3n) is 8.72. The van der Waals surface area contributed by atoms with Crippen LogP contribution < -0.4 is 30.7 Å². The van der Waals surface area contributed by atoms with Crippen molar-refractivity contribution in [2.24, 2.45) is 5.92 Å². The SMILES string of the molecule is COc1ccc(C(NC(=O)C(Cc2ccc(OCC(=O)OC(C)(C)C)cc2)NC(=O)C(F)(F)c2cccc(Cl)c2)C(=O)N[C@@H](C(C)C)C(O)C(F)(F)C(=O)NCC(F)(F)F)cc1. The van der Waals surface area contributed by atoms with E-state index >= 15 is 17.6 Å². The molecular weight excluding hydrogens is 861 g/mol. The third kappa shape index (κ3) is 14.8. The van der Waals surface area contributed by atoms with Gasteiger partial charge in [0.05, 0.1) is 13.2 Å². The molecule has 5 N–H and O–H groups in total. The number of methoxy groups -OCH3 is 1. The van der Waals surface area contributed by atoms with Crippen molar-refractivity contribution < 1.29 is 74.0 Å². The summed E-state index contributed by atoms with van der Waals surface area (Å²) in [7, 11) is 1.31. The van der Waals surface area contributed by atoms with Crippen LogP contribution in [-0.4, -0.2) is 90.9 Å². The summed E-state index contributed by atoms with van der Waals surface area (Å²) in [4.78, 5) is 65.6. The standard InChI is InChI=1S/C41H46ClF7N4O9/c1-22(2)31(33(55)41(48,49)36(58)50-21-39(43,44)45)52-35(57)32(24-12-16-27(60-6)17-13-24)53-34(56)29(51-37(59)40(46,47)25-8-7-9-26(42)19-25)18-23-10-14-28(15-11-23)61-20-30(54)62-38(3,4)5/h7-17,19,22,29,31-33,55H,18,20-21H2,1-6H3,(H,50,58)(H,51,59)(H,52,57)(H,53,56)/t29?,31-,32?,33?/m0/s1. The Labute approximate surface area is 357 Å². The highest BCUT2D eigenvalue weighted by atomic mass is 35.5. The quantitative estimate of drug-likeness (QED) is 0.0761. The van der Waals surface area contributed by atoms with E-state index in [1.165, 1.54) is 81.6 Å². The number of esters is 1. The number of aliphatic hydroxyl groups excluding tert-OH is 1. The van der Waals surface area contributed by atoms with Gasteiger partial charge in [-0.3, -0.25) is 19.2 Å². The molecule has 3 rings (SSSR count). The van der Waals surface area contributed by atoms with Gasteiger partial charge in [-0.25, -0.2) is 4.79 Å². The van der Waals surface area contributed by atoms with Crippen LogP contribution in [0.3, 0.4) is 0 Å². The van der Waals surface area contributed by atoms with Gasteiger partial charge in [0.25, 0.3) is 11.8 Å². The molecule has 0 saturated carbocycles. The van der Waals surface area contributed by atoms with Crippen molar-refractivity contribution in [2.75, 3.05) is 20.3 Å². The highest BCUT2D eigenvalue weighted by Gasteiger charge is 2.52. The van der Waals surface area contributed by atoms with Gasteiger partial charge in [-0.2, -0.15) is 30.7 Å². The first-order valence-electron chi connectivity index (χ1n) is 18.7. The van der Waals surface area contributed by atoms with E-state index in [0.717, 1.165) is 17.4 Å². The Morgan fingerprint density at radius 1 is 0.774 bits per heavy atom. The highest BCUT2D eigenvalue weighted by Crippen LogP contribution is 2.31. The minimum atomic E-state index is -5.07. The Hall–Kier alpha value is -5.63. The van der Waals surface area contributed by atoms with E-state index in [-0.39, 0.29) is 27.6 Å². The molecule has 13 nitrogen and oxygen atoms in total. The molecule has 0 aliphatic carbocycles. The summed E-state index contributed by atoms with van der Waals surface area (Å²) in [6.45, 7) is 4.83. The first-order chi connectivity index (χ1) is 28.6. The Kier molecular flexibility index (Phi) is 17.1. The van der Waals surface area contributed by atoms with E-state index in [1.54, 1.807) is 20.8 Å². The van der Waals surface area contributed by atoms with Gasteiger partial charge < -0.3 is 40.6 Å². The van der Waals surface area contributed by atoms with E-state index in [1.807, 2.05) is 5.32 Å². The van der Waals surface area contributed by atoms with Crippen molar-refractivity contribution >= 4 is 41.2 Å². The molecule has 0 spiro atoms. The second-order valence-electron chi connectivity index (χ2n) is 15.2. The number of aliphatic hydroxyl groups is 1. The fourth-order valence-corrected chi connectivity index (χ4v) is 5.79. The first kappa shape index (κ1) is 50.7. The molecule has 340 valence electrons. The van der Waals surface area contributed by atoms with E-state index in [4.69, 9.17) is 25.8 Å². The molecule has 0 radical (unpaired) electrons. The molecule has 62 heavy (non-hydrogen) atoms. The molecule has 0 fully saturated rings. The van der Waals surface area contributed by atoms with Gasteiger partial charge in [0.1, 0.15) is 41.8 Å². The molecule has 3 aromatic rings. The van der Waals surface area contributed by atoms with E-state index < -0.39 is 109 Å². The monoisotopic (exact) mass is 906 g/mol. The van der Waals surface area contributed by atoms with Crippen LogP contribution in [0.4, 0.5) is 30.7 Å². The van der Waals surface area contributed by atoms with E-state index in [9.17, 15) is 42.3 Å². The topological polar surface area (TPSA) is 181 Å². The number of carbonyl (C=O) groups excluding carboxylic acids is 5. The third-order valence-corrected chi connectivity index (χ3v) is 8.96. The van der Waals surface area contributed by atoms with Crippen molar-refractivity contribution in [1.29, 1.82) is 0 Å². The molecule has 0 aliphatic rings. The van der Waals surface area contributed by atoms with Crippen molar-refractivity contribution in [3.8, 4) is 11.5 Å². The molecule has 0 bridgehead atoms. The Bertz CT molecular complexity index is 2030. The summed E-state index contributed by atoms with van der Waals surface area (Å²) in [6.07, 6.45) is -8.70. The fourth-order valence-electron chi connectivity index (χ4n) is 5.60. The largest absolute Gasteiger partial charge is 0.497 e. The van der Waals surface area contributed by atoms with Gasteiger partial charge in [0, 0.05) is 17.0 Å². The number of nitrogens with one attached hydrogen (secondary N) is 4. The number of amides is 4. The van der Waals surface area contributed by atoms with E-state index in [0.29, 0.717) is 0 Å². The lowest BCUT2D eigenvalue weighted by Gasteiger charge is -2.33. The van der Waals surface area contributed by atoms with Crippen molar-refractivity contribution in [1.82, 2.24) is 21.3 Å².